The van der Waals surface area contributed by atoms with Crippen molar-refractivity contribution in [2.75, 3.05) is 0 Å². The third-order valence-corrected chi connectivity index (χ3v) is 6.94. The Bertz CT molecular complexity index is 1660. The molecule has 6 rings (SSSR count). The minimum absolute atomic E-state index is 1.19. The van der Waals surface area contributed by atoms with E-state index in [0.29, 0.717) is 0 Å². The lowest BCUT2D eigenvalue weighted by atomic mass is 9.97. The van der Waals surface area contributed by atoms with E-state index < -0.39 is 0 Å². The fourth-order valence-electron chi connectivity index (χ4n) is 5.16. The summed E-state index contributed by atoms with van der Waals surface area (Å²) in [6.45, 7) is 6.60. The molecule has 0 spiro atoms. The van der Waals surface area contributed by atoms with Gasteiger partial charge in [-0.15, -0.1) is 0 Å². The van der Waals surface area contributed by atoms with Crippen LogP contribution in [0.1, 0.15) is 16.7 Å². The van der Waals surface area contributed by atoms with Crippen LogP contribution in [0.4, 0.5) is 0 Å². The summed E-state index contributed by atoms with van der Waals surface area (Å²) in [5.41, 5.74) is 10.1. The molecule has 0 aliphatic rings. The van der Waals surface area contributed by atoms with E-state index in [9.17, 15) is 0 Å². The lowest BCUT2D eigenvalue weighted by Crippen LogP contribution is -2.00. The van der Waals surface area contributed by atoms with E-state index in [1.807, 2.05) is 0 Å². The van der Waals surface area contributed by atoms with Crippen LogP contribution in [0.15, 0.2) is 109 Å². The number of benzene rings is 5. The first-order chi connectivity index (χ1) is 16.6. The second-order valence-corrected chi connectivity index (χ2v) is 9.25. The molecule has 0 saturated heterocycles. The maximum absolute atomic E-state index is 2.48. The van der Waals surface area contributed by atoms with Crippen molar-refractivity contribution in [3.05, 3.63) is 126 Å². The first kappa shape index (κ1) is 20.5. The average Bonchev–Trinajstić information content (AvgIpc) is 3.18. The van der Waals surface area contributed by atoms with Gasteiger partial charge in [0.05, 0.1) is 11.4 Å². The van der Waals surface area contributed by atoms with Gasteiger partial charge in [0, 0.05) is 22.0 Å². The number of rotatable bonds is 3. The van der Waals surface area contributed by atoms with Gasteiger partial charge in [-0.1, -0.05) is 84.9 Å². The highest BCUT2D eigenvalue weighted by Gasteiger charge is 2.22. The van der Waals surface area contributed by atoms with Gasteiger partial charge >= 0.3 is 0 Å². The highest BCUT2D eigenvalue weighted by molar-refractivity contribution is 6.11. The van der Waals surface area contributed by atoms with Gasteiger partial charge < -0.3 is 4.57 Å². The lowest BCUT2D eigenvalue weighted by Gasteiger charge is -2.16. The van der Waals surface area contributed by atoms with E-state index in [-0.39, 0.29) is 0 Å². The first-order valence-corrected chi connectivity index (χ1v) is 11.9. The zero-order valence-corrected chi connectivity index (χ0v) is 19.8. The number of aryl methyl sites for hydroxylation is 3. The van der Waals surface area contributed by atoms with Crippen LogP contribution in [0.25, 0.3) is 49.7 Å². The van der Waals surface area contributed by atoms with Crippen molar-refractivity contribution in [1.29, 1.82) is 0 Å². The Kier molecular flexibility index (Phi) is 4.85. The highest BCUT2D eigenvalue weighted by atomic mass is 15.0. The van der Waals surface area contributed by atoms with Crippen LogP contribution in [0.2, 0.25) is 0 Å². The molecule has 0 amide bonds. The van der Waals surface area contributed by atoms with Crippen molar-refractivity contribution >= 4 is 21.5 Å². The van der Waals surface area contributed by atoms with Crippen LogP contribution < -0.4 is 0 Å². The molecule has 1 heteroatoms. The molecular formula is C33H27N. The van der Waals surface area contributed by atoms with Gasteiger partial charge in [-0.2, -0.15) is 0 Å². The largest absolute Gasteiger partial charge is 0.308 e. The molecule has 5 aromatic carbocycles. The van der Waals surface area contributed by atoms with Crippen LogP contribution in [0, 0.1) is 20.8 Å². The number of fused-ring (bicyclic) bond motifs is 2. The molecule has 1 aromatic heterocycles. The van der Waals surface area contributed by atoms with Crippen molar-refractivity contribution in [3.63, 3.8) is 0 Å². The zero-order valence-electron chi connectivity index (χ0n) is 19.8. The number of hydrogen-bond donors (Lipinski definition) is 0. The summed E-state index contributed by atoms with van der Waals surface area (Å²) in [4.78, 5) is 0. The average molecular weight is 438 g/mol. The first-order valence-electron chi connectivity index (χ1n) is 11.9. The third kappa shape index (κ3) is 3.24. The summed E-state index contributed by atoms with van der Waals surface area (Å²) in [7, 11) is 0. The number of aromatic nitrogens is 1. The predicted octanol–water partition coefficient (Wildman–Crippen LogP) is 9.04. The van der Waals surface area contributed by atoms with Crippen LogP contribution in [-0.4, -0.2) is 4.57 Å². The molecule has 0 saturated carbocycles. The van der Waals surface area contributed by atoms with Gasteiger partial charge in [0.1, 0.15) is 0 Å². The van der Waals surface area contributed by atoms with Gasteiger partial charge in [-0.3, -0.25) is 0 Å². The molecule has 0 unspecified atom stereocenters. The number of nitrogens with zero attached hydrogens (tertiary/aromatic N) is 1. The molecule has 0 radical (unpaired) electrons. The van der Waals surface area contributed by atoms with E-state index in [0.717, 1.165) is 0 Å². The monoisotopic (exact) mass is 437 g/mol. The van der Waals surface area contributed by atoms with Crippen LogP contribution in [0.3, 0.4) is 0 Å². The van der Waals surface area contributed by atoms with Gasteiger partial charge in [0.15, 0.2) is 0 Å². The second kappa shape index (κ2) is 8.04. The van der Waals surface area contributed by atoms with Gasteiger partial charge in [-0.05, 0) is 78.1 Å². The van der Waals surface area contributed by atoms with Gasteiger partial charge in [0.25, 0.3) is 0 Å². The predicted molar refractivity (Wildman–Crippen MR) is 146 cm³/mol. The maximum Gasteiger partial charge on any atom is 0.0620 e. The van der Waals surface area contributed by atoms with Crippen molar-refractivity contribution in [2.24, 2.45) is 0 Å². The Morgan fingerprint density at radius 3 is 1.91 bits per heavy atom. The summed E-state index contributed by atoms with van der Waals surface area (Å²) in [6, 6.07) is 39.8. The molecule has 34 heavy (non-hydrogen) atoms. The molecule has 0 fully saturated rings. The lowest BCUT2D eigenvalue weighted by molar-refractivity contribution is 1.10. The van der Waals surface area contributed by atoms with E-state index in [4.69, 9.17) is 0 Å². The van der Waals surface area contributed by atoms with E-state index in [1.54, 1.807) is 0 Å². The summed E-state index contributed by atoms with van der Waals surface area (Å²) < 4.78 is 2.48. The van der Waals surface area contributed by atoms with Crippen molar-refractivity contribution in [1.82, 2.24) is 4.57 Å². The normalized spacial score (nSPS) is 11.4. The second-order valence-electron chi connectivity index (χ2n) is 9.25. The van der Waals surface area contributed by atoms with Crippen molar-refractivity contribution < 1.29 is 0 Å². The molecular weight excluding hydrogens is 410 g/mol. The summed E-state index contributed by atoms with van der Waals surface area (Å²) in [6.07, 6.45) is 0. The minimum Gasteiger partial charge on any atom is -0.308 e. The Balaban J connectivity index is 1.86. The smallest absolute Gasteiger partial charge is 0.0620 e. The maximum atomic E-state index is 2.48. The molecule has 164 valence electrons. The van der Waals surface area contributed by atoms with E-state index >= 15 is 0 Å². The summed E-state index contributed by atoms with van der Waals surface area (Å²) in [5, 5.41) is 5.12. The third-order valence-electron chi connectivity index (χ3n) is 6.94. The molecule has 1 heterocycles. The Morgan fingerprint density at radius 1 is 0.500 bits per heavy atom. The fourth-order valence-corrected chi connectivity index (χ4v) is 5.16. The molecule has 0 N–H and O–H groups in total. The quantitative estimate of drug-likeness (QED) is 0.260. The van der Waals surface area contributed by atoms with Crippen LogP contribution in [-0.2, 0) is 0 Å². The van der Waals surface area contributed by atoms with Crippen LogP contribution in [0.5, 0.6) is 0 Å². The molecule has 6 aromatic rings. The Labute approximate surface area is 200 Å². The molecule has 1 nitrogen and oxygen atoms in total. The van der Waals surface area contributed by atoms with Crippen LogP contribution >= 0.6 is 0 Å². The minimum atomic E-state index is 1.19. The summed E-state index contributed by atoms with van der Waals surface area (Å²) in [5.74, 6) is 0. The van der Waals surface area contributed by atoms with Crippen molar-refractivity contribution in [3.8, 4) is 28.2 Å². The molecule has 0 aliphatic heterocycles. The van der Waals surface area contributed by atoms with E-state index in [2.05, 4.69) is 135 Å². The van der Waals surface area contributed by atoms with E-state index in [1.165, 1.54) is 66.4 Å². The highest BCUT2D eigenvalue weighted by Crippen LogP contribution is 2.44. The SMILES string of the molecule is Cc1cccc(-n2c(-c3ccccc3)c3cc(C)c(C)cc3c2-c2cccc3ccccc23)c1. The number of hydrogen-bond acceptors (Lipinski definition) is 0. The topological polar surface area (TPSA) is 4.93 Å². The van der Waals surface area contributed by atoms with Gasteiger partial charge in [0.2, 0.25) is 0 Å². The summed E-state index contributed by atoms with van der Waals surface area (Å²) >= 11 is 0. The molecule has 0 aliphatic carbocycles. The fraction of sp³-hybridized carbons (Fsp3) is 0.0909. The van der Waals surface area contributed by atoms with Gasteiger partial charge in [-0.25, -0.2) is 0 Å². The van der Waals surface area contributed by atoms with Crippen molar-refractivity contribution in [2.45, 2.75) is 20.8 Å². The zero-order chi connectivity index (χ0) is 23.2. The molecule has 0 bridgehead atoms. The Hall–Kier alpha value is -4.10. The standard InChI is InChI=1S/C33H27N/c1-22-11-9-16-27(19-22)34-32(26-13-5-4-6-14-26)30-20-23(2)24(3)21-31(30)33(34)29-18-10-15-25-12-7-8-17-28(25)29/h4-21H,1-3H3. The Morgan fingerprint density at radius 2 is 1.15 bits per heavy atom. The molecule has 0 atom stereocenters.